The minimum atomic E-state index is -1.06. The maximum absolute atomic E-state index is 13.8. The van der Waals surface area contributed by atoms with Crippen LogP contribution >= 0.6 is 0 Å². The fourth-order valence-electron chi connectivity index (χ4n) is 5.68. The number of nitrogens with zero attached hydrogens (tertiary/aromatic N) is 8. The molecule has 3 aromatic rings. The molecule has 3 aromatic heterocycles. The van der Waals surface area contributed by atoms with E-state index in [4.69, 9.17) is 14.7 Å². The van der Waals surface area contributed by atoms with E-state index < -0.39 is 6.09 Å². The fraction of sp³-hybridized carbons (Fsp3) is 0.481. The first-order valence-corrected chi connectivity index (χ1v) is 13.2. The zero-order valence-corrected chi connectivity index (χ0v) is 22.6. The number of morpholine rings is 1. The van der Waals surface area contributed by atoms with Crippen molar-refractivity contribution >= 4 is 23.6 Å². The smallest absolute Gasteiger partial charge is 0.407 e. The van der Waals surface area contributed by atoms with Gasteiger partial charge in [-0.2, -0.15) is 0 Å². The Hall–Kier alpha value is -4.06. The molecule has 1 atom stereocenters. The van der Waals surface area contributed by atoms with Gasteiger partial charge in [0.2, 0.25) is 0 Å². The maximum Gasteiger partial charge on any atom is 0.407 e. The molecule has 0 aromatic carbocycles. The molecule has 1 saturated heterocycles. The largest absolute Gasteiger partial charge is 0.465 e. The quantitative estimate of drug-likeness (QED) is 0.527. The van der Waals surface area contributed by atoms with E-state index in [0.717, 1.165) is 24.2 Å². The lowest BCUT2D eigenvalue weighted by molar-refractivity contribution is 0.0983. The number of aryl methyl sites for hydroxylation is 1. The molecular weight excluding hydrogens is 500 g/mol. The Bertz CT molecular complexity index is 1470. The van der Waals surface area contributed by atoms with Crippen molar-refractivity contribution in [1.29, 1.82) is 0 Å². The molecule has 1 unspecified atom stereocenters. The molecule has 0 saturated carbocycles. The minimum absolute atomic E-state index is 0.0692. The third-order valence-electron chi connectivity index (χ3n) is 7.90. The highest BCUT2D eigenvalue weighted by Crippen LogP contribution is 2.37. The lowest BCUT2D eigenvalue weighted by atomic mass is 10.0. The summed E-state index contributed by atoms with van der Waals surface area (Å²) in [5.41, 5.74) is 2.33. The highest BCUT2D eigenvalue weighted by atomic mass is 16.5. The third-order valence-corrected chi connectivity index (χ3v) is 7.90. The Kier molecular flexibility index (Phi) is 6.01. The zero-order valence-electron chi connectivity index (χ0n) is 22.6. The number of rotatable bonds is 5. The summed E-state index contributed by atoms with van der Waals surface area (Å²) < 4.78 is 7.72. The van der Waals surface area contributed by atoms with Crippen LogP contribution in [0.5, 0.6) is 0 Å². The van der Waals surface area contributed by atoms with Crippen LogP contribution in [0.2, 0.25) is 0 Å². The number of carboxylic acid groups (broad SMARTS) is 1. The molecule has 204 valence electrons. The van der Waals surface area contributed by atoms with Crippen LogP contribution in [0.3, 0.4) is 0 Å². The highest BCUT2D eigenvalue weighted by molar-refractivity contribution is 6.10. The van der Waals surface area contributed by atoms with E-state index in [1.54, 1.807) is 11.0 Å². The van der Waals surface area contributed by atoms with E-state index in [1.165, 1.54) is 11.9 Å². The topological polar surface area (TPSA) is 130 Å². The Morgan fingerprint density at radius 1 is 1.23 bits per heavy atom. The standard InChI is InChI=1S/C27H32N8O4/c1-16-15-39-11-10-33(16)23-12-17-18(20(29-23)14-32(4)26(37)38)13-34(25(17)36)21-7-5-6-19(28-21)24-31-30-22-8-9-27(2,3)35(22)24/h5-7,12,16H,8-11,13-15H2,1-4H3,(H,37,38). The van der Waals surface area contributed by atoms with Gasteiger partial charge in [-0.15, -0.1) is 10.2 Å². The maximum atomic E-state index is 13.8. The number of hydrogen-bond donors (Lipinski definition) is 1. The van der Waals surface area contributed by atoms with Gasteiger partial charge in [0, 0.05) is 31.1 Å². The van der Waals surface area contributed by atoms with E-state index in [9.17, 15) is 14.7 Å². The molecule has 0 spiro atoms. The second kappa shape index (κ2) is 9.30. The van der Waals surface area contributed by atoms with Crippen molar-refractivity contribution in [3.63, 3.8) is 0 Å². The van der Waals surface area contributed by atoms with Crippen LogP contribution in [0.4, 0.5) is 16.4 Å². The van der Waals surface area contributed by atoms with E-state index in [2.05, 4.69) is 33.5 Å². The van der Waals surface area contributed by atoms with Gasteiger partial charge in [0.25, 0.3) is 5.91 Å². The van der Waals surface area contributed by atoms with Crippen LogP contribution < -0.4 is 9.80 Å². The van der Waals surface area contributed by atoms with Gasteiger partial charge in [0.15, 0.2) is 5.82 Å². The Morgan fingerprint density at radius 3 is 2.82 bits per heavy atom. The zero-order chi connectivity index (χ0) is 27.5. The summed E-state index contributed by atoms with van der Waals surface area (Å²) in [7, 11) is 1.50. The first-order valence-electron chi connectivity index (χ1n) is 13.2. The van der Waals surface area contributed by atoms with Crippen LogP contribution in [-0.4, -0.2) is 79.6 Å². The molecule has 0 bridgehead atoms. The molecule has 0 radical (unpaired) electrons. The number of fused-ring (bicyclic) bond motifs is 2. The van der Waals surface area contributed by atoms with Crippen molar-refractivity contribution < 1.29 is 19.4 Å². The van der Waals surface area contributed by atoms with Gasteiger partial charge in [-0.3, -0.25) is 9.69 Å². The van der Waals surface area contributed by atoms with Gasteiger partial charge in [0.05, 0.1) is 43.6 Å². The number of aromatic nitrogens is 5. The van der Waals surface area contributed by atoms with Crippen LogP contribution in [0, 0.1) is 0 Å². The van der Waals surface area contributed by atoms with Gasteiger partial charge in [-0.05, 0) is 45.4 Å². The van der Waals surface area contributed by atoms with Crippen molar-refractivity contribution in [3.05, 3.63) is 46.9 Å². The minimum Gasteiger partial charge on any atom is -0.465 e. The summed E-state index contributed by atoms with van der Waals surface area (Å²) in [6, 6.07) is 7.46. The van der Waals surface area contributed by atoms with Crippen LogP contribution in [0.25, 0.3) is 11.5 Å². The predicted octanol–water partition coefficient (Wildman–Crippen LogP) is 2.91. The van der Waals surface area contributed by atoms with Gasteiger partial charge in [-0.25, -0.2) is 14.8 Å². The van der Waals surface area contributed by atoms with Crippen LogP contribution in [0.15, 0.2) is 24.3 Å². The van der Waals surface area contributed by atoms with Gasteiger partial charge >= 0.3 is 6.09 Å². The SMILES string of the molecule is CC1COCCN1c1cc2c(c(CN(C)C(=O)O)n1)CN(c1cccc(-c3nnc4n3C(C)(C)CC4)n1)C2=O. The number of anilines is 2. The number of carbonyl (C=O) groups is 2. The first kappa shape index (κ1) is 25.2. The fourth-order valence-corrected chi connectivity index (χ4v) is 5.68. The van der Waals surface area contributed by atoms with Crippen molar-refractivity contribution in [2.45, 2.75) is 58.3 Å². The summed E-state index contributed by atoms with van der Waals surface area (Å²) in [6.45, 7) is 8.46. The molecule has 1 fully saturated rings. The molecule has 1 N–H and O–H groups in total. The average Bonchev–Trinajstić information content (AvgIpc) is 3.58. The van der Waals surface area contributed by atoms with Crippen molar-refractivity contribution in [2.24, 2.45) is 0 Å². The van der Waals surface area contributed by atoms with Crippen LogP contribution in [0.1, 0.15) is 54.6 Å². The van der Waals surface area contributed by atoms with Crippen molar-refractivity contribution in [3.8, 4) is 11.5 Å². The summed E-state index contributed by atoms with van der Waals surface area (Å²) in [5, 5.41) is 18.3. The average molecular weight is 533 g/mol. The summed E-state index contributed by atoms with van der Waals surface area (Å²) in [5.74, 6) is 2.59. The lowest BCUT2D eigenvalue weighted by Gasteiger charge is -2.34. The first-order chi connectivity index (χ1) is 18.6. The normalized spacial score (nSPS) is 19.8. The number of carbonyl (C=O) groups excluding carboxylic acids is 1. The molecule has 6 heterocycles. The molecular formula is C27H32N8O4. The Labute approximate surface area is 226 Å². The number of pyridine rings is 2. The molecule has 6 rings (SSSR count). The molecule has 39 heavy (non-hydrogen) atoms. The molecule has 3 aliphatic rings. The van der Waals surface area contributed by atoms with E-state index in [1.807, 2.05) is 25.1 Å². The number of hydrogen-bond acceptors (Lipinski definition) is 8. The second-order valence-electron chi connectivity index (χ2n) is 11.1. The molecule has 0 aliphatic carbocycles. The molecule has 12 nitrogen and oxygen atoms in total. The number of amides is 2. The van der Waals surface area contributed by atoms with Crippen LogP contribution in [-0.2, 0) is 29.8 Å². The highest BCUT2D eigenvalue weighted by Gasteiger charge is 2.36. The second-order valence-corrected chi connectivity index (χ2v) is 11.1. The monoisotopic (exact) mass is 532 g/mol. The van der Waals surface area contributed by atoms with Crippen molar-refractivity contribution in [1.82, 2.24) is 29.6 Å². The van der Waals surface area contributed by atoms with Crippen molar-refractivity contribution in [2.75, 3.05) is 36.6 Å². The lowest BCUT2D eigenvalue weighted by Crippen LogP contribution is -2.44. The number of ether oxygens (including phenoxy) is 1. The Morgan fingerprint density at radius 2 is 2.05 bits per heavy atom. The van der Waals surface area contributed by atoms with E-state index in [0.29, 0.717) is 54.2 Å². The predicted molar refractivity (Wildman–Crippen MR) is 143 cm³/mol. The molecule has 12 heteroatoms. The third kappa shape index (κ3) is 4.28. The Balaban J connectivity index is 1.38. The van der Waals surface area contributed by atoms with Gasteiger partial charge in [0.1, 0.15) is 23.2 Å². The summed E-state index contributed by atoms with van der Waals surface area (Å²) in [6.07, 6.45) is 0.786. The summed E-state index contributed by atoms with van der Waals surface area (Å²) >= 11 is 0. The van der Waals surface area contributed by atoms with E-state index in [-0.39, 0.29) is 30.6 Å². The summed E-state index contributed by atoms with van der Waals surface area (Å²) in [4.78, 5) is 40.1. The molecule has 3 aliphatic heterocycles. The van der Waals surface area contributed by atoms with E-state index >= 15 is 0 Å². The van der Waals surface area contributed by atoms with Gasteiger partial charge in [-0.1, -0.05) is 6.07 Å². The van der Waals surface area contributed by atoms with Gasteiger partial charge < -0.3 is 24.2 Å². The molecule has 2 amide bonds.